The summed E-state index contributed by atoms with van der Waals surface area (Å²) in [6, 6.07) is 16.0. The molecule has 2 amide bonds. The monoisotopic (exact) mass is 356 g/mol. The molecule has 138 valence electrons. The third-order valence-electron chi connectivity index (χ3n) is 4.03. The molecule has 0 spiro atoms. The van der Waals surface area contributed by atoms with Crippen LogP contribution >= 0.6 is 0 Å². The molecule has 26 heavy (non-hydrogen) atoms. The van der Waals surface area contributed by atoms with Gasteiger partial charge >= 0.3 is 0 Å². The van der Waals surface area contributed by atoms with Crippen LogP contribution in [-0.4, -0.2) is 43.5 Å². The number of rotatable bonds is 8. The Balaban J connectivity index is 2.13. The Bertz CT molecular complexity index is 734. The Labute approximate surface area is 153 Å². The lowest BCUT2D eigenvalue weighted by atomic mass is 10.1. The molecule has 0 heterocycles. The summed E-state index contributed by atoms with van der Waals surface area (Å²) >= 11 is 0. The fourth-order valence-corrected chi connectivity index (χ4v) is 2.53. The van der Waals surface area contributed by atoms with Gasteiger partial charge in [-0.25, -0.2) is 0 Å². The number of ether oxygens (including phenoxy) is 2. The molecule has 0 aliphatic rings. The van der Waals surface area contributed by atoms with Gasteiger partial charge in [0.15, 0.2) is 18.1 Å². The van der Waals surface area contributed by atoms with E-state index in [0.717, 1.165) is 5.56 Å². The molecule has 0 fully saturated rings. The van der Waals surface area contributed by atoms with E-state index in [1.165, 1.54) is 4.90 Å². The van der Waals surface area contributed by atoms with Gasteiger partial charge in [-0.15, -0.1) is 0 Å². The van der Waals surface area contributed by atoms with Gasteiger partial charge < -0.3 is 19.7 Å². The highest BCUT2D eigenvalue weighted by Gasteiger charge is 2.26. The zero-order chi connectivity index (χ0) is 18.9. The second kappa shape index (κ2) is 9.46. The normalized spacial score (nSPS) is 11.3. The fourth-order valence-electron chi connectivity index (χ4n) is 2.53. The molecule has 2 rings (SSSR count). The zero-order valence-corrected chi connectivity index (χ0v) is 15.3. The third kappa shape index (κ3) is 4.99. The van der Waals surface area contributed by atoms with Crippen LogP contribution in [0.1, 0.15) is 12.5 Å². The van der Waals surface area contributed by atoms with Crippen LogP contribution in [0.15, 0.2) is 54.6 Å². The number of benzene rings is 2. The molecule has 0 saturated carbocycles. The van der Waals surface area contributed by atoms with Gasteiger partial charge in [0.05, 0.1) is 7.11 Å². The van der Waals surface area contributed by atoms with Crippen LogP contribution in [0, 0.1) is 0 Å². The molecule has 0 bridgehead atoms. The molecular formula is C20H24N2O4. The number of hydrogen-bond donors (Lipinski definition) is 1. The summed E-state index contributed by atoms with van der Waals surface area (Å²) in [6.45, 7) is 1.83. The largest absolute Gasteiger partial charge is 0.493 e. The number of methoxy groups -OCH3 is 1. The minimum atomic E-state index is -0.617. The van der Waals surface area contributed by atoms with Gasteiger partial charge in [-0.05, 0) is 24.6 Å². The molecule has 0 saturated heterocycles. The summed E-state index contributed by atoms with van der Waals surface area (Å²) in [4.78, 5) is 26.3. The Hall–Kier alpha value is -3.02. The molecular weight excluding hydrogens is 332 g/mol. The molecule has 2 aromatic carbocycles. The van der Waals surface area contributed by atoms with Crippen LogP contribution in [0.25, 0.3) is 0 Å². The molecule has 6 nitrogen and oxygen atoms in total. The van der Waals surface area contributed by atoms with Gasteiger partial charge in [-0.2, -0.15) is 0 Å². The van der Waals surface area contributed by atoms with E-state index < -0.39 is 6.04 Å². The number of carbonyl (C=O) groups excluding carboxylic acids is 2. The molecule has 0 aliphatic heterocycles. The fraction of sp³-hybridized carbons (Fsp3) is 0.300. The highest BCUT2D eigenvalue weighted by Crippen LogP contribution is 2.25. The van der Waals surface area contributed by atoms with Gasteiger partial charge in [0.25, 0.3) is 5.91 Å². The van der Waals surface area contributed by atoms with Crippen molar-refractivity contribution in [3.63, 3.8) is 0 Å². The number of hydrogen-bond acceptors (Lipinski definition) is 4. The van der Waals surface area contributed by atoms with Crippen molar-refractivity contribution in [2.24, 2.45) is 0 Å². The molecule has 0 aromatic heterocycles. The first-order valence-corrected chi connectivity index (χ1v) is 8.37. The highest BCUT2D eigenvalue weighted by atomic mass is 16.5. The van der Waals surface area contributed by atoms with Crippen molar-refractivity contribution in [3.8, 4) is 11.5 Å². The maximum absolute atomic E-state index is 12.8. The van der Waals surface area contributed by atoms with Crippen LogP contribution in [0.4, 0.5) is 0 Å². The molecule has 0 aliphatic carbocycles. The van der Waals surface area contributed by atoms with Crippen molar-refractivity contribution in [2.45, 2.75) is 19.5 Å². The first-order chi connectivity index (χ1) is 12.6. The Morgan fingerprint density at radius 1 is 1.04 bits per heavy atom. The van der Waals surface area contributed by atoms with E-state index >= 15 is 0 Å². The lowest BCUT2D eigenvalue weighted by molar-refractivity contribution is -0.142. The van der Waals surface area contributed by atoms with Crippen molar-refractivity contribution < 1.29 is 19.1 Å². The standard InChI is InChI=1S/C20H24N2O4/c1-15(20(24)21-2)22(13-16-9-5-4-6-10-16)19(23)14-26-18-12-8-7-11-17(18)25-3/h4-12,15H,13-14H2,1-3H3,(H,21,24)/t15-/m1/s1. The zero-order valence-electron chi connectivity index (χ0n) is 15.3. The van der Waals surface area contributed by atoms with Gasteiger partial charge in [-0.1, -0.05) is 42.5 Å². The first kappa shape index (κ1) is 19.3. The smallest absolute Gasteiger partial charge is 0.261 e. The average Bonchev–Trinajstić information content (AvgIpc) is 2.70. The van der Waals surface area contributed by atoms with Crippen molar-refractivity contribution >= 4 is 11.8 Å². The van der Waals surface area contributed by atoms with Crippen LogP contribution in [0.2, 0.25) is 0 Å². The second-order valence-electron chi connectivity index (χ2n) is 5.74. The minimum absolute atomic E-state index is 0.186. The highest BCUT2D eigenvalue weighted by molar-refractivity contribution is 5.87. The van der Waals surface area contributed by atoms with Crippen molar-refractivity contribution in [1.82, 2.24) is 10.2 Å². The lowest BCUT2D eigenvalue weighted by Gasteiger charge is -2.28. The van der Waals surface area contributed by atoms with E-state index in [2.05, 4.69) is 5.32 Å². The van der Waals surface area contributed by atoms with Gasteiger partial charge in [0.2, 0.25) is 5.91 Å². The third-order valence-corrected chi connectivity index (χ3v) is 4.03. The number of nitrogens with one attached hydrogen (secondary N) is 1. The van der Waals surface area contributed by atoms with E-state index in [0.29, 0.717) is 18.0 Å². The van der Waals surface area contributed by atoms with E-state index in [4.69, 9.17) is 9.47 Å². The van der Waals surface area contributed by atoms with E-state index in [9.17, 15) is 9.59 Å². The molecule has 1 N–H and O–H groups in total. The number of amides is 2. The summed E-state index contributed by atoms with van der Waals surface area (Å²) in [5, 5.41) is 2.58. The first-order valence-electron chi connectivity index (χ1n) is 8.37. The summed E-state index contributed by atoms with van der Waals surface area (Å²) < 4.78 is 10.8. The van der Waals surface area contributed by atoms with Crippen molar-refractivity contribution in [1.29, 1.82) is 0 Å². The van der Waals surface area contributed by atoms with Crippen LogP contribution in [0.5, 0.6) is 11.5 Å². The number of para-hydroxylation sites is 2. The predicted octanol–water partition coefficient (Wildman–Crippen LogP) is 2.24. The topological polar surface area (TPSA) is 67.9 Å². The summed E-state index contributed by atoms with van der Waals surface area (Å²) in [5.41, 5.74) is 0.939. The maximum atomic E-state index is 12.8. The molecule has 1 atom stereocenters. The van der Waals surface area contributed by atoms with Gasteiger partial charge in [-0.3, -0.25) is 9.59 Å². The van der Waals surface area contributed by atoms with E-state index in [1.807, 2.05) is 36.4 Å². The van der Waals surface area contributed by atoms with Crippen LogP contribution in [0.3, 0.4) is 0 Å². The summed E-state index contributed by atoms with van der Waals surface area (Å²) in [6.07, 6.45) is 0. The molecule has 6 heteroatoms. The van der Waals surface area contributed by atoms with E-state index in [1.54, 1.807) is 39.3 Å². The van der Waals surface area contributed by atoms with Gasteiger partial charge in [0.1, 0.15) is 6.04 Å². The lowest BCUT2D eigenvalue weighted by Crippen LogP contribution is -2.48. The van der Waals surface area contributed by atoms with Crippen molar-refractivity contribution in [2.75, 3.05) is 20.8 Å². The second-order valence-corrected chi connectivity index (χ2v) is 5.74. The van der Waals surface area contributed by atoms with E-state index in [-0.39, 0.29) is 18.4 Å². The number of likely N-dealkylation sites (N-methyl/N-ethyl adjacent to an activating group) is 1. The quantitative estimate of drug-likeness (QED) is 0.788. The van der Waals surface area contributed by atoms with Gasteiger partial charge in [0, 0.05) is 13.6 Å². The minimum Gasteiger partial charge on any atom is -0.493 e. The molecule has 0 radical (unpaired) electrons. The molecule has 2 aromatic rings. The average molecular weight is 356 g/mol. The SMILES string of the molecule is CNC(=O)[C@@H](C)N(Cc1ccccc1)C(=O)COc1ccccc1OC. The number of nitrogens with zero attached hydrogens (tertiary/aromatic N) is 1. The molecule has 0 unspecified atom stereocenters. The van der Waals surface area contributed by atoms with Crippen LogP contribution in [-0.2, 0) is 16.1 Å². The predicted molar refractivity (Wildman–Crippen MR) is 99.0 cm³/mol. The number of carbonyl (C=O) groups is 2. The Kier molecular flexibility index (Phi) is 7.02. The maximum Gasteiger partial charge on any atom is 0.261 e. The Morgan fingerprint density at radius 3 is 2.27 bits per heavy atom. The van der Waals surface area contributed by atoms with Crippen molar-refractivity contribution in [3.05, 3.63) is 60.2 Å². The summed E-state index contributed by atoms with van der Waals surface area (Å²) in [7, 11) is 3.09. The van der Waals surface area contributed by atoms with Crippen LogP contribution < -0.4 is 14.8 Å². The summed E-state index contributed by atoms with van der Waals surface area (Å²) in [5.74, 6) is 0.521. The Morgan fingerprint density at radius 2 is 1.65 bits per heavy atom.